The zero-order valence-electron chi connectivity index (χ0n) is 20.2. The molecule has 0 aliphatic carbocycles. The van der Waals surface area contributed by atoms with Crippen LogP contribution < -0.4 is 22.0 Å². The third kappa shape index (κ3) is 6.11. The van der Waals surface area contributed by atoms with E-state index in [1.54, 1.807) is 13.0 Å². The summed E-state index contributed by atoms with van der Waals surface area (Å²) in [6, 6.07) is 2.81. The van der Waals surface area contributed by atoms with Crippen molar-refractivity contribution in [3.05, 3.63) is 68.0 Å². The Hall–Kier alpha value is -3.57. The fourth-order valence-corrected chi connectivity index (χ4v) is 4.03. The van der Waals surface area contributed by atoms with Gasteiger partial charge in [-0.25, -0.2) is 14.8 Å². The lowest BCUT2D eigenvalue weighted by atomic mass is 9.98. The molecule has 5 N–H and O–H groups in total. The van der Waals surface area contributed by atoms with Crippen LogP contribution in [0.25, 0.3) is 0 Å². The van der Waals surface area contributed by atoms with E-state index in [-0.39, 0.29) is 54.9 Å². The van der Waals surface area contributed by atoms with Crippen LogP contribution in [0.2, 0.25) is 0 Å². The maximum Gasteiger partial charge on any atom is 0.264 e. The maximum atomic E-state index is 13.8. The van der Waals surface area contributed by atoms with Gasteiger partial charge in [-0.15, -0.1) is 0 Å². The van der Waals surface area contributed by atoms with Gasteiger partial charge in [0, 0.05) is 43.5 Å². The molecule has 0 fully saturated rings. The fourth-order valence-electron chi connectivity index (χ4n) is 4.03. The molecule has 0 unspecified atom stereocenters. The van der Waals surface area contributed by atoms with Crippen molar-refractivity contribution >= 4 is 17.6 Å². The van der Waals surface area contributed by atoms with Crippen LogP contribution in [0.4, 0.5) is 10.2 Å². The number of hydrogen-bond donors (Lipinski definition) is 4. The number of nitrogens with one attached hydrogen (secondary N) is 2. The molecule has 11 heteroatoms. The molecule has 188 valence electrons. The number of hydrazine groups is 1. The van der Waals surface area contributed by atoms with Crippen molar-refractivity contribution in [1.29, 1.82) is 0 Å². The molecule has 2 aromatic heterocycles. The number of aryl methyl sites for hydroxylation is 2. The van der Waals surface area contributed by atoms with Crippen LogP contribution in [0.5, 0.6) is 0 Å². The summed E-state index contributed by atoms with van der Waals surface area (Å²) in [7, 11) is 0. The third-order valence-corrected chi connectivity index (χ3v) is 6.06. The van der Waals surface area contributed by atoms with E-state index >= 15 is 0 Å². The number of carbonyl (C=O) groups excluding carboxylic acids is 2. The normalized spacial score (nSPS) is 14.0. The lowest BCUT2D eigenvalue weighted by Crippen LogP contribution is -2.47. The molecule has 3 heterocycles. The van der Waals surface area contributed by atoms with Gasteiger partial charge in [-0.2, -0.15) is 0 Å². The summed E-state index contributed by atoms with van der Waals surface area (Å²) in [5.41, 5.74) is 11.5. The molecule has 1 aliphatic rings. The Morgan fingerprint density at radius 2 is 2.00 bits per heavy atom. The summed E-state index contributed by atoms with van der Waals surface area (Å²) in [5.74, 6) is -0.963. The number of pyridine rings is 2. The van der Waals surface area contributed by atoms with Crippen molar-refractivity contribution in [3.8, 4) is 0 Å². The number of hydrogen-bond acceptors (Lipinski definition) is 7. The van der Waals surface area contributed by atoms with Gasteiger partial charge in [0.2, 0.25) is 5.91 Å². The molecular weight excluding hydrogens is 455 g/mol. The van der Waals surface area contributed by atoms with Crippen LogP contribution in [-0.2, 0) is 35.8 Å². The van der Waals surface area contributed by atoms with Gasteiger partial charge in [0.25, 0.3) is 11.5 Å². The molecule has 0 spiro atoms. The molecule has 2 amide bonds. The molecule has 0 saturated carbocycles. The number of nitrogens with zero attached hydrogens (tertiary/aromatic N) is 3. The second-order valence-corrected chi connectivity index (χ2v) is 8.48. The predicted octanol–water partition coefficient (Wildman–Crippen LogP) is 1.05. The molecule has 0 bridgehead atoms. The first-order valence-corrected chi connectivity index (χ1v) is 11.4. The first-order chi connectivity index (χ1) is 16.6. The van der Waals surface area contributed by atoms with Gasteiger partial charge in [0.05, 0.1) is 18.7 Å². The van der Waals surface area contributed by atoms with Gasteiger partial charge in [-0.1, -0.05) is 5.57 Å². The van der Waals surface area contributed by atoms with Crippen molar-refractivity contribution < 1.29 is 19.1 Å². The number of rotatable bonds is 9. The van der Waals surface area contributed by atoms with E-state index in [0.29, 0.717) is 36.3 Å². The number of nitrogens with two attached hydrogens (primary N) is 1. The minimum absolute atomic E-state index is 0.0196. The van der Waals surface area contributed by atoms with Crippen LogP contribution in [0.3, 0.4) is 0 Å². The van der Waals surface area contributed by atoms with Gasteiger partial charge < -0.3 is 20.7 Å². The Labute approximate surface area is 202 Å². The molecule has 35 heavy (non-hydrogen) atoms. The summed E-state index contributed by atoms with van der Waals surface area (Å²) < 4.78 is 15.1. The van der Waals surface area contributed by atoms with E-state index in [4.69, 9.17) is 5.73 Å². The highest BCUT2D eigenvalue weighted by atomic mass is 19.1. The Balaban J connectivity index is 1.65. The average Bonchev–Trinajstić information content (AvgIpc) is 2.81. The summed E-state index contributed by atoms with van der Waals surface area (Å²) in [5, 5.41) is 13.7. The fraction of sp³-hybridized carbons (Fsp3) is 0.417. The summed E-state index contributed by atoms with van der Waals surface area (Å²) in [6.07, 6.45) is 1.58. The number of anilines is 1. The number of halogens is 1. The molecule has 0 radical (unpaired) electrons. The molecule has 10 nitrogen and oxygen atoms in total. The number of nitrogen functional groups attached to an aromatic ring is 1. The molecule has 0 aromatic carbocycles. The molecule has 0 saturated heterocycles. The Bertz CT molecular complexity index is 1220. The van der Waals surface area contributed by atoms with Crippen molar-refractivity contribution in [2.75, 3.05) is 12.3 Å². The molecular formula is C24H31FN6O4. The van der Waals surface area contributed by atoms with E-state index in [1.807, 2.05) is 13.8 Å². The number of carbonyl (C=O) groups is 2. The average molecular weight is 487 g/mol. The van der Waals surface area contributed by atoms with E-state index in [1.165, 1.54) is 9.58 Å². The van der Waals surface area contributed by atoms with Gasteiger partial charge in [-0.05, 0) is 50.5 Å². The standard InChI is InChI=1S/C24H31FN6O4/c1-4-30-12-17(25)8-16(23(30)34)10-28-31-6-5-14(2)18(24(31)35)9-22(33)27-11-19-15(3)7-21(26)29-20(19)13-32/h7-8,12,28,32H,4-6,9-11,13H2,1-3H3,(H2,26,29)(H,27,33). The van der Waals surface area contributed by atoms with Gasteiger partial charge in [-0.3, -0.25) is 19.4 Å². The summed E-state index contributed by atoms with van der Waals surface area (Å²) in [4.78, 5) is 42.2. The maximum absolute atomic E-state index is 13.8. The van der Waals surface area contributed by atoms with Crippen molar-refractivity contribution in [2.24, 2.45) is 0 Å². The van der Waals surface area contributed by atoms with E-state index in [9.17, 15) is 23.9 Å². The molecule has 1 aliphatic heterocycles. The topological polar surface area (TPSA) is 143 Å². The lowest BCUT2D eigenvalue weighted by molar-refractivity contribution is -0.132. The van der Waals surface area contributed by atoms with Crippen LogP contribution in [0.1, 0.15) is 49.1 Å². The Morgan fingerprint density at radius 1 is 1.26 bits per heavy atom. The molecule has 3 rings (SSSR count). The largest absolute Gasteiger partial charge is 0.390 e. The predicted molar refractivity (Wildman–Crippen MR) is 128 cm³/mol. The number of aliphatic hydroxyl groups is 1. The number of aliphatic hydroxyl groups excluding tert-OH is 1. The van der Waals surface area contributed by atoms with Gasteiger partial charge >= 0.3 is 0 Å². The van der Waals surface area contributed by atoms with Crippen LogP contribution in [0, 0.1) is 12.7 Å². The first kappa shape index (κ1) is 26.0. The van der Waals surface area contributed by atoms with Crippen molar-refractivity contribution in [2.45, 2.75) is 59.9 Å². The lowest BCUT2D eigenvalue weighted by Gasteiger charge is -2.30. The van der Waals surface area contributed by atoms with Gasteiger partial charge in [0.15, 0.2) is 0 Å². The van der Waals surface area contributed by atoms with E-state index < -0.39 is 5.82 Å². The second-order valence-electron chi connectivity index (χ2n) is 8.48. The first-order valence-electron chi connectivity index (χ1n) is 11.4. The van der Waals surface area contributed by atoms with Crippen LogP contribution >= 0.6 is 0 Å². The number of amides is 2. The monoisotopic (exact) mass is 486 g/mol. The van der Waals surface area contributed by atoms with Gasteiger partial charge in [0.1, 0.15) is 11.6 Å². The molecule has 2 aromatic rings. The summed E-state index contributed by atoms with van der Waals surface area (Å²) >= 11 is 0. The highest BCUT2D eigenvalue weighted by Gasteiger charge is 2.27. The third-order valence-electron chi connectivity index (χ3n) is 6.06. The smallest absolute Gasteiger partial charge is 0.264 e. The van der Waals surface area contributed by atoms with Crippen molar-refractivity contribution in [3.63, 3.8) is 0 Å². The highest BCUT2D eigenvalue weighted by Crippen LogP contribution is 2.21. The minimum atomic E-state index is -0.530. The van der Waals surface area contributed by atoms with E-state index in [2.05, 4.69) is 15.7 Å². The SMILES string of the molecule is CCn1cc(F)cc(CNN2CCC(C)=C(CC(=O)NCc3c(C)cc(N)nc3CO)C2=O)c1=O. The van der Waals surface area contributed by atoms with E-state index in [0.717, 1.165) is 23.4 Å². The zero-order chi connectivity index (χ0) is 25.7. The quantitative estimate of drug-likeness (QED) is 0.415. The highest BCUT2D eigenvalue weighted by molar-refractivity contribution is 5.99. The zero-order valence-corrected chi connectivity index (χ0v) is 20.2. The second kappa shape index (κ2) is 11.2. The van der Waals surface area contributed by atoms with Crippen molar-refractivity contribution in [1.82, 2.24) is 25.3 Å². The number of aromatic nitrogens is 2. The minimum Gasteiger partial charge on any atom is -0.390 e. The summed E-state index contributed by atoms with van der Waals surface area (Å²) in [6.45, 7) is 5.87. The Kier molecular flexibility index (Phi) is 8.36. The Morgan fingerprint density at radius 3 is 2.69 bits per heavy atom. The molecule has 0 atom stereocenters. The van der Waals surface area contributed by atoms with Crippen LogP contribution in [-0.4, -0.2) is 38.0 Å². The van der Waals surface area contributed by atoms with Crippen LogP contribution in [0.15, 0.2) is 34.3 Å².